The van der Waals surface area contributed by atoms with Gasteiger partial charge in [-0.25, -0.2) is 18.6 Å². The Morgan fingerprint density at radius 1 is 1.35 bits per heavy atom. The molecule has 1 aliphatic heterocycles. The van der Waals surface area contributed by atoms with E-state index in [1.54, 1.807) is 32.2 Å². The Bertz CT molecular complexity index is 900. The van der Waals surface area contributed by atoms with Crippen LogP contribution in [-0.4, -0.2) is 36.1 Å². The molecule has 0 radical (unpaired) electrons. The van der Waals surface area contributed by atoms with Crippen molar-refractivity contribution in [3.8, 4) is 0 Å². The van der Waals surface area contributed by atoms with Gasteiger partial charge in [0.25, 0.3) is 5.91 Å². The summed E-state index contributed by atoms with van der Waals surface area (Å²) in [6.07, 6.45) is 4.71. The molecule has 0 aromatic heterocycles. The number of dihydropyridines is 1. The number of benzene rings is 1. The molecule has 3 rings (SSSR count). The maximum absolute atomic E-state index is 14.1. The quantitative estimate of drug-likeness (QED) is 0.895. The molecular weight excluding hydrogens is 340 g/mol. The first-order valence-electron chi connectivity index (χ1n) is 8.06. The number of carbonyl (C=O) groups excluding carboxylic acids is 2. The molecule has 0 bridgehead atoms. The molecule has 1 aromatic carbocycles. The lowest BCUT2D eigenvalue weighted by Crippen LogP contribution is -2.40. The summed E-state index contributed by atoms with van der Waals surface area (Å²) >= 11 is 0. The van der Waals surface area contributed by atoms with Crippen molar-refractivity contribution >= 4 is 23.8 Å². The van der Waals surface area contributed by atoms with E-state index in [1.807, 2.05) is 0 Å². The van der Waals surface area contributed by atoms with Gasteiger partial charge in [0.1, 0.15) is 11.6 Å². The lowest BCUT2D eigenvalue weighted by Gasteiger charge is -2.29. The summed E-state index contributed by atoms with van der Waals surface area (Å²) in [4.78, 5) is 29.5. The first-order chi connectivity index (χ1) is 12.4. The molecule has 1 N–H and O–H groups in total. The van der Waals surface area contributed by atoms with Crippen LogP contribution in [0.4, 0.5) is 19.3 Å². The van der Waals surface area contributed by atoms with Gasteiger partial charge >= 0.3 is 6.03 Å². The zero-order valence-electron chi connectivity index (χ0n) is 14.3. The highest BCUT2D eigenvalue weighted by molar-refractivity contribution is 6.11. The van der Waals surface area contributed by atoms with E-state index >= 15 is 0 Å². The monoisotopic (exact) mass is 357 g/mol. The number of urea groups is 1. The van der Waals surface area contributed by atoms with Gasteiger partial charge in [0.05, 0.1) is 11.6 Å². The zero-order chi connectivity index (χ0) is 18.8. The van der Waals surface area contributed by atoms with Gasteiger partial charge in [-0.05, 0) is 30.7 Å². The van der Waals surface area contributed by atoms with Crippen molar-refractivity contribution in [2.45, 2.75) is 19.4 Å². The number of amides is 3. The standard InChI is InChI=1S/C19H17F2N3O2/c1-11(24(2)19(26)23-13-6-3-5-12(20)9-13)15-10-22-18(25)17-14(15)7-4-8-16(17)21/h3-7,9-11H,8H2,1-2H3,(H,23,26). The lowest BCUT2D eigenvalue weighted by molar-refractivity contribution is -0.114. The van der Waals surface area contributed by atoms with Crippen molar-refractivity contribution in [3.63, 3.8) is 0 Å². The second-order valence-electron chi connectivity index (χ2n) is 6.05. The van der Waals surface area contributed by atoms with E-state index in [9.17, 15) is 18.4 Å². The molecule has 3 amide bonds. The number of aliphatic imine (C=N–C) groups is 1. The summed E-state index contributed by atoms with van der Waals surface area (Å²) in [5.74, 6) is -1.61. The van der Waals surface area contributed by atoms with Crippen molar-refractivity contribution < 1.29 is 18.4 Å². The number of allylic oxidation sites excluding steroid dienone is 3. The molecule has 0 saturated heterocycles. The SMILES string of the molecule is CC(C1=C2C=CCC(F)=C2C(=O)N=C1)N(C)C(=O)Nc1cccc(F)c1. The number of rotatable bonds is 3. The Hall–Kier alpha value is -3.09. The molecule has 1 aliphatic carbocycles. The number of nitrogens with zero attached hydrogens (tertiary/aromatic N) is 2. The van der Waals surface area contributed by atoms with Crippen LogP contribution in [0.15, 0.2) is 64.0 Å². The fourth-order valence-electron chi connectivity index (χ4n) is 2.84. The van der Waals surface area contributed by atoms with Gasteiger partial charge < -0.3 is 10.2 Å². The minimum Gasteiger partial charge on any atom is -0.321 e. The Morgan fingerprint density at radius 3 is 2.85 bits per heavy atom. The van der Waals surface area contributed by atoms with E-state index < -0.39 is 29.6 Å². The molecule has 1 unspecified atom stereocenters. The predicted molar refractivity (Wildman–Crippen MR) is 95.1 cm³/mol. The summed E-state index contributed by atoms with van der Waals surface area (Å²) in [5, 5.41) is 2.60. The molecule has 0 spiro atoms. The van der Waals surface area contributed by atoms with Gasteiger partial charge in [-0.1, -0.05) is 18.2 Å². The second-order valence-corrected chi connectivity index (χ2v) is 6.05. The number of anilines is 1. The highest BCUT2D eigenvalue weighted by atomic mass is 19.1. The van der Waals surface area contributed by atoms with E-state index in [4.69, 9.17) is 0 Å². The molecule has 1 aromatic rings. The number of hydrogen-bond donors (Lipinski definition) is 1. The average Bonchev–Trinajstić information content (AvgIpc) is 2.61. The van der Waals surface area contributed by atoms with E-state index in [0.717, 1.165) is 0 Å². The molecule has 7 heteroatoms. The van der Waals surface area contributed by atoms with E-state index in [2.05, 4.69) is 10.3 Å². The number of nitrogens with one attached hydrogen (secondary N) is 1. The third-order valence-electron chi connectivity index (χ3n) is 4.40. The molecule has 1 atom stereocenters. The smallest absolute Gasteiger partial charge is 0.321 e. The molecule has 134 valence electrons. The molecular formula is C19H17F2N3O2. The van der Waals surface area contributed by atoms with Gasteiger partial charge in [-0.2, -0.15) is 0 Å². The predicted octanol–water partition coefficient (Wildman–Crippen LogP) is 3.77. The van der Waals surface area contributed by atoms with Gasteiger partial charge in [0.2, 0.25) is 0 Å². The van der Waals surface area contributed by atoms with Crippen LogP contribution in [0.25, 0.3) is 0 Å². The van der Waals surface area contributed by atoms with Crippen molar-refractivity contribution in [3.05, 3.63) is 64.8 Å². The Balaban J connectivity index is 1.85. The summed E-state index contributed by atoms with van der Waals surface area (Å²) in [5.41, 5.74) is 1.27. The molecule has 0 fully saturated rings. The maximum Gasteiger partial charge on any atom is 0.322 e. The van der Waals surface area contributed by atoms with Gasteiger partial charge in [0.15, 0.2) is 0 Å². The number of carbonyl (C=O) groups is 2. The molecule has 2 aliphatic rings. The first-order valence-corrected chi connectivity index (χ1v) is 8.06. The fourth-order valence-corrected chi connectivity index (χ4v) is 2.84. The third kappa shape index (κ3) is 3.33. The molecule has 0 saturated carbocycles. The zero-order valence-corrected chi connectivity index (χ0v) is 14.3. The van der Waals surface area contributed by atoms with Crippen molar-refractivity contribution in [1.82, 2.24) is 4.90 Å². The number of halogens is 2. The Morgan fingerprint density at radius 2 is 2.12 bits per heavy atom. The number of likely N-dealkylation sites (N-methyl/N-ethyl adjacent to an activating group) is 1. The van der Waals surface area contributed by atoms with E-state index in [0.29, 0.717) is 16.8 Å². The van der Waals surface area contributed by atoms with Gasteiger partial charge in [-0.3, -0.25) is 4.79 Å². The Kier molecular flexibility index (Phi) is 4.79. The van der Waals surface area contributed by atoms with Crippen LogP contribution in [-0.2, 0) is 4.79 Å². The highest BCUT2D eigenvalue weighted by Gasteiger charge is 2.30. The Labute approximate surface area is 149 Å². The number of fused-ring (bicyclic) bond motifs is 1. The minimum absolute atomic E-state index is 0.0456. The van der Waals surface area contributed by atoms with Crippen LogP contribution in [0.3, 0.4) is 0 Å². The molecule has 1 heterocycles. The van der Waals surface area contributed by atoms with Crippen LogP contribution in [0, 0.1) is 5.82 Å². The highest BCUT2D eigenvalue weighted by Crippen LogP contribution is 2.32. The lowest BCUT2D eigenvalue weighted by atomic mass is 9.89. The number of hydrogen-bond acceptors (Lipinski definition) is 2. The van der Waals surface area contributed by atoms with Crippen molar-refractivity contribution in [2.24, 2.45) is 4.99 Å². The topological polar surface area (TPSA) is 61.8 Å². The average molecular weight is 357 g/mol. The maximum atomic E-state index is 14.1. The normalized spacial score (nSPS) is 17.3. The van der Waals surface area contributed by atoms with E-state index in [1.165, 1.54) is 29.3 Å². The van der Waals surface area contributed by atoms with Crippen LogP contribution in [0.1, 0.15) is 13.3 Å². The van der Waals surface area contributed by atoms with Crippen LogP contribution >= 0.6 is 0 Å². The van der Waals surface area contributed by atoms with Gasteiger partial charge in [0, 0.05) is 30.9 Å². The van der Waals surface area contributed by atoms with Crippen LogP contribution in [0.5, 0.6) is 0 Å². The van der Waals surface area contributed by atoms with Crippen molar-refractivity contribution in [2.75, 3.05) is 12.4 Å². The fraction of sp³-hybridized carbons (Fsp3) is 0.211. The summed E-state index contributed by atoms with van der Waals surface area (Å²) in [7, 11) is 1.56. The minimum atomic E-state index is -0.621. The molecule has 26 heavy (non-hydrogen) atoms. The van der Waals surface area contributed by atoms with Crippen LogP contribution < -0.4 is 5.32 Å². The largest absolute Gasteiger partial charge is 0.322 e. The second kappa shape index (κ2) is 7.03. The summed E-state index contributed by atoms with van der Waals surface area (Å²) in [6.45, 7) is 1.74. The van der Waals surface area contributed by atoms with Crippen molar-refractivity contribution in [1.29, 1.82) is 0 Å². The van der Waals surface area contributed by atoms with E-state index in [-0.39, 0.29) is 12.0 Å². The summed E-state index contributed by atoms with van der Waals surface area (Å²) in [6, 6.07) is 4.60. The molecule has 5 nitrogen and oxygen atoms in total. The van der Waals surface area contributed by atoms with Crippen LogP contribution in [0.2, 0.25) is 0 Å². The third-order valence-corrected chi connectivity index (χ3v) is 4.40. The summed E-state index contributed by atoms with van der Waals surface area (Å²) < 4.78 is 27.3. The first kappa shape index (κ1) is 17.7. The van der Waals surface area contributed by atoms with Gasteiger partial charge in [-0.15, -0.1) is 0 Å².